The molecule has 0 amide bonds. The normalized spacial score (nSPS) is 35.8. The molecular weight excluding hydrogens is 195 g/mol. The molecule has 0 radical (unpaired) electrons. The van der Waals surface area contributed by atoms with Crippen LogP contribution in [-0.2, 0) is 0 Å². The van der Waals surface area contributed by atoms with E-state index in [1.54, 1.807) is 0 Å². The summed E-state index contributed by atoms with van der Waals surface area (Å²) in [7, 11) is 0. The van der Waals surface area contributed by atoms with Gasteiger partial charge in [-0.15, -0.1) is 0 Å². The van der Waals surface area contributed by atoms with Crippen molar-refractivity contribution < 1.29 is 9.50 Å². The molecule has 2 rings (SSSR count). The first kappa shape index (κ1) is 11.3. The molecule has 0 aromatic heterocycles. The lowest BCUT2D eigenvalue weighted by Gasteiger charge is -2.50. The molecule has 0 spiro atoms. The van der Waals surface area contributed by atoms with Crippen molar-refractivity contribution in [3.8, 4) is 0 Å². The van der Waals surface area contributed by atoms with Gasteiger partial charge in [-0.3, -0.25) is 9.80 Å². The number of nitrogens with zero attached hydrogens (tertiary/aromatic N) is 2. The molecule has 2 aliphatic heterocycles. The van der Waals surface area contributed by atoms with Gasteiger partial charge in [-0.2, -0.15) is 0 Å². The van der Waals surface area contributed by atoms with E-state index in [0.717, 1.165) is 13.1 Å². The minimum atomic E-state index is -1.05. The van der Waals surface area contributed by atoms with Crippen molar-refractivity contribution in [3.63, 3.8) is 0 Å². The summed E-state index contributed by atoms with van der Waals surface area (Å²) >= 11 is 0. The van der Waals surface area contributed by atoms with Crippen LogP contribution in [0, 0.1) is 0 Å². The van der Waals surface area contributed by atoms with E-state index >= 15 is 0 Å². The number of rotatable bonds is 1. The van der Waals surface area contributed by atoms with Crippen LogP contribution in [0.3, 0.4) is 0 Å². The van der Waals surface area contributed by atoms with Crippen LogP contribution in [0.4, 0.5) is 4.39 Å². The van der Waals surface area contributed by atoms with Crippen LogP contribution in [-0.4, -0.2) is 64.9 Å². The fourth-order valence-corrected chi connectivity index (χ4v) is 2.31. The van der Waals surface area contributed by atoms with Crippen molar-refractivity contribution in [3.05, 3.63) is 0 Å². The lowest BCUT2D eigenvalue weighted by molar-refractivity contribution is -0.0175. The number of β-amino-alcohol motifs (C(OH)–C–C–N with tert-alkyl or cyclic N) is 1. The largest absolute Gasteiger partial charge is 0.389 e. The third-order valence-corrected chi connectivity index (χ3v) is 3.58. The first-order chi connectivity index (χ1) is 6.88. The molecule has 3 nitrogen and oxygen atoms in total. The Bertz CT molecular complexity index is 225. The van der Waals surface area contributed by atoms with Crippen LogP contribution < -0.4 is 0 Å². The van der Waals surface area contributed by atoms with Crippen LogP contribution in [0.5, 0.6) is 0 Å². The molecule has 2 saturated heterocycles. The van der Waals surface area contributed by atoms with Gasteiger partial charge in [0, 0.05) is 37.8 Å². The molecular formula is C11H21FN2O. The van der Waals surface area contributed by atoms with Crippen molar-refractivity contribution in [2.24, 2.45) is 0 Å². The van der Waals surface area contributed by atoms with Gasteiger partial charge in [-0.05, 0) is 20.8 Å². The molecule has 0 unspecified atom stereocenters. The van der Waals surface area contributed by atoms with Crippen LogP contribution >= 0.6 is 0 Å². The summed E-state index contributed by atoms with van der Waals surface area (Å²) in [5.74, 6) is 0. The van der Waals surface area contributed by atoms with Gasteiger partial charge < -0.3 is 5.11 Å². The molecule has 0 aromatic rings. The second kappa shape index (κ2) is 3.68. The zero-order chi connectivity index (χ0) is 11.2. The predicted molar refractivity (Wildman–Crippen MR) is 57.6 cm³/mol. The molecule has 2 aliphatic rings. The monoisotopic (exact) mass is 216 g/mol. The summed E-state index contributed by atoms with van der Waals surface area (Å²) in [6.07, 6.45) is -1.82. The molecule has 0 aliphatic carbocycles. The number of aliphatic hydroxyl groups is 1. The highest BCUT2D eigenvalue weighted by Crippen LogP contribution is 2.27. The van der Waals surface area contributed by atoms with Crippen molar-refractivity contribution in [1.29, 1.82) is 0 Å². The van der Waals surface area contributed by atoms with Gasteiger partial charge in [0.1, 0.15) is 6.17 Å². The summed E-state index contributed by atoms with van der Waals surface area (Å²) in [5, 5.41) is 9.33. The summed E-state index contributed by atoms with van der Waals surface area (Å²) < 4.78 is 13.1. The second-order valence-corrected chi connectivity index (χ2v) is 5.77. The number of hydrogen-bond donors (Lipinski definition) is 1. The van der Waals surface area contributed by atoms with Crippen molar-refractivity contribution in [1.82, 2.24) is 9.80 Å². The molecule has 0 saturated carbocycles. The third kappa shape index (κ3) is 2.17. The molecule has 0 bridgehead atoms. The number of alkyl halides is 1. The van der Waals surface area contributed by atoms with Gasteiger partial charge >= 0.3 is 0 Å². The minimum Gasteiger partial charge on any atom is -0.389 e. The molecule has 4 heteroatoms. The third-order valence-electron chi connectivity index (χ3n) is 3.58. The van der Waals surface area contributed by atoms with Gasteiger partial charge in [-0.25, -0.2) is 4.39 Å². The summed E-state index contributed by atoms with van der Waals surface area (Å²) in [4.78, 5) is 4.47. The average Bonchev–Trinajstić information content (AvgIpc) is 2.25. The Hall–Kier alpha value is -0.190. The van der Waals surface area contributed by atoms with Crippen molar-refractivity contribution in [2.45, 2.75) is 44.6 Å². The first-order valence-electron chi connectivity index (χ1n) is 5.69. The SMILES string of the molecule is CC(C)(C)N1CC(N2C[C@H](O)[C@@H](F)C2)C1. The molecule has 2 heterocycles. The van der Waals surface area contributed by atoms with E-state index in [9.17, 15) is 9.50 Å². The Morgan fingerprint density at radius 2 is 1.73 bits per heavy atom. The summed E-state index contributed by atoms with van der Waals surface area (Å²) in [5.41, 5.74) is 0.212. The number of halogens is 1. The number of likely N-dealkylation sites (tertiary alicyclic amines) is 2. The fraction of sp³-hybridized carbons (Fsp3) is 1.00. The van der Waals surface area contributed by atoms with E-state index in [4.69, 9.17) is 0 Å². The quantitative estimate of drug-likeness (QED) is 0.691. The van der Waals surface area contributed by atoms with Gasteiger partial charge in [-0.1, -0.05) is 0 Å². The minimum absolute atomic E-state index is 0.212. The zero-order valence-electron chi connectivity index (χ0n) is 9.78. The van der Waals surface area contributed by atoms with Gasteiger partial charge in [0.25, 0.3) is 0 Å². The van der Waals surface area contributed by atoms with E-state index in [-0.39, 0.29) is 5.54 Å². The van der Waals surface area contributed by atoms with Crippen molar-refractivity contribution in [2.75, 3.05) is 26.2 Å². The first-order valence-corrected chi connectivity index (χ1v) is 5.69. The highest BCUT2D eigenvalue weighted by Gasteiger charge is 2.42. The van der Waals surface area contributed by atoms with E-state index in [1.165, 1.54) is 0 Å². The van der Waals surface area contributed by atoms with Crippen molar-refractivity contribution >= 4 is 0 Å². The smallest absolute Gasteiger partial charge is 0.140 e. The van der Waals surface area contributed by atoms with E-state index in [1.807, 2.05) is 0 Å². The lowest BCUT2D eigenvalue weighted by atomic mass is 9.97. The maximum Gasteiger partial charge on any atom is 0.140 e. The van der Waals surface area contributed by atoms with Gasteiger partial charge in [0.15, 0.2) is 0 Å². The Morgan fingerprint density at radius 3 is 2.13 bits per heavy atom. The van der Waals surface area contributed by atoms with E-state index < -0.39 is 12.3 Å². The number of hydrogen-bond acceptors (Lipinski definition) is 3. The Morgan fingerprint density at radius 1 is 1.13 bits per heavy atom. The highest BCUT2D eigenvalue weighted by atomic mass is 19.1. The lowest BCUT2D eigenvalue weighted by Crippen LogP contribution is -2.64. The van der Waals surface area contributed by atoms with Crippen LogP contribution in [0.15, 0.2) is 0 Å². The molecule has 2 atom stereocenters. The summed E-state index contributed by atoms with van der Waals surface area (Å²) in [6.45, 7) is 9.50. The maximum absolute atomic E-state index is 13.1. The van der Waals surface area contributed by atoms with Crippen LogP contribution in [0.1, 0.15) is 20.8 Å². The molecule has 1 N–H and O–H groups in total. The number of aliphatic hydroxyl groups excluding tert-OH is 1. The Labute approximate surface area is 90.9 Å². The second-order valence-electron chi connectivity index (χ2n) is 5.77. The Balaban J connectivity index is 1.81. The Kier molecular flexibility index (Phi) is 2.77. The molecule has 15 heavy (non-hydrogen) atoms. The average molecular weight is 216 g/mol. The van der Waals surface area contributed by atoms with Gasteiger partial charge in [0.2, 0.25) is 0 Å². The van der Waals surface area contributed by atoms with Crippen LogP contribution in [0.2, 0.25) is 0 Å². The topological polar surface area (TPSA) is 26.7 Å². The van der Waals surface area contributed by atoms with E-state index in [0.29, 0.717) is 19.1 Å². The van der Waals surface area contributed by atoms with Gasteiger partial charge in [0.05, 0.1) is 6.10 Å². The molecule has 2 fully saturated rings. The molecule has 88 valence electrons. The molecule has 0 aromatic carbocycles. The van der Waals surface area contributed by atoms with Crippen LogP contribution in [0.25, 0.3) is 0 Å². The highest BCUT2D eigenvalue weighted by molar-refractivity contribution is 4.98. The van der Waals surface area contributed by atoms with E-state index in [2.05, 4.69) is 30.6 Å². The fourth-order valence-electron chi connectivity index (χ4n) is 2.31. The standard InChI is InChI=1S/C11H21FN2O/c1-11(2,3)14-4-8(5-14)13-6-9(12)10(15)7-13/h8-10,15H,4-7H2,1-3H3/t9-,10-/m0/s1. The predicted octanol–water partition coefficient (Wildman–Crippen LogP) is 0.484. The summed E-state index contributed by atoms with van der Waals surface area (Å²) in [6, 6.07) is 0.444. The maximum atomic E-state index is 13.1. The zero-order valence-corrected chi connectivity index (χ0v) is 9.78.